The van der Waals surface area contributed by atoms with E-state index in [0.29, 0.717) is 0 Å². The van der Waals surface area contributed by atoms with Crippen molar-refractivity contribution in [2.24, 2.45) is 37.4 Å². The SMILES string of the molecule is N/N=N/B=N/N=N/N. The van der Waals surface area contributed by atoms with Gasteiger partial charge < -0.3 is 0 Å². The number of hydrogen-bond acceptors (Lipinski definition) is 3. The maximum absolute atomic E-state index is 4.57. The third-order valence-electron chi connectivity index (χ3n) is 0.273. The summed E-state index contributed by atoms with van der Waals surface area (Å²) in [6.07, 6.45) is 0. The van der Waals surface area contributed by atoms with Crippen LogP contribution in [0.4, 0.5) is 0 Å². The Morgan fingerprint density at radius 1 is 1.12 bits per heavy atom. The Bertz CT molecular complexity index is 95.6. The van der Waals surface area contributed by atoms with Gasteiger partial charge in [0.25, 0.3) is 0 Å². The fourth-order valence-corrected chi connectivity index (χ4v) is 0.106. The molecule has 0 fully saturated rings. The molecule has 42 valence electrons. The molecule has 0 aromatic carbocycles. The molecule has 0 aliphatic heterocycles. The van der Waals surface area contributed by atoms with Crippen molar-refractivity contribution in [3.63, 3.8) is 0 Å². The summed E-state index contributed by atoms with van der Waals surface area (Å²) in [6.45, 7) is 0. The summed E-state index contributed by atoms with van der Waals surface area (Å²) < 4.78 is 0. The van der Waals surface area contributed by atoms with E-state index in [1.807, 2.05) is 0 Å². The van der Waals surface area contributed by atoms with Crippen LogP contribution >= 0.6 is 0 Å². The Morgan fingerprint density at radius 2 is 1.88 bits per heavy atom. The molecule has 7 nitrogen and oxygen atoms in total. The van der Waals surface area contributed by atoms with Crippen molar-refractivity contribution < 1.29 is 0 Å². The monoisotopic (exact) mass is 113 g/mol. The van der Waals surface area contributed by atoms with Gasteiger partial charge >= 0.3 is 44.6 Å². The van der Waals surface area contributed by atoms with Gasteiger partial charge in [0.1, 0.15) is 0 Å². The van der Waals surface area contributed by atoms with Crippen LogP contribution in [0.25, 0.3) is 0 Å². The summed E-state index contributed by atoms with van der Waals surface area (Å²) in [5.41, 5.74) is 0. The van der Waals surface area contributed by atoms with E-state index >= 15 is 0 Å². The van der Waals surface area contributed by atoms with E-state index < -0.39 is 0 Å². The zero-order valence-electron chi connectivity index (χ0n) is 3.97. The average molecular weight is 113 g/mol. The maximum atomic E-state index is 4.57. The van der Waals surface area contributed by atoms with E-state index in [4.69, 9.17) is 0 Å². The minimum atomic E-state index is 1.01. The first-order valence-corrected chi connectivity index (χ1v) is 1.63. The van der Waals surface area contributed by atoms with Gasteiger partial charge in [0, 0.05) is 0 Å². The second-order valence-electron chi connectivity index (χ2n) is 0.667. The molecule has 0 aliphatic rings. The van der Waals surface area contributed by atoms with Crippen LogP contribution in [-0.4, -0.2) is 7.21 Å². The number of nitrogens with two attached hydrogens (primary N) is 2. The van der Waals surface area contributed by atoms with Crippen molar-refractivity contribution in [3.05, 3.63) is 0 Å². The fraction of sp³-hybridized carbons (Fsp3) is 0. The molecule has 0 heterocycles. The molecule has 0 aliphatic carbocycles. The zero-order chi connectivity index (χ0) is 6.24. The van der Waals surface area contributed by atoms with Crippen molar-refractivity contribution >= 4 is 7.21 Å². The number of hydrogen-bond donors (Lipinski definition) is 2. The molecule has 0 unspecified atom stereocenters. The Balaban J connectivity index is 3.35. The van der Waals surface area contributed by atoms with E-state index in [-0.39, 0.29) is 0 Å². The van der Waals surface area contributed by atoms with Crippen LogP contribution in [0.5, 0.6) is 0 Å². The van der Waals surface area contributed by atoms with Crippen molar-refractivity contribution in [2.75, 3.05) is 0 Å². The summed E-state index contributed by atoms with van der Waals surface area (Å²) in [7, 11) is 1.01. The Labute approximate surface area is 45.8 Å². The van der Waals surface area contributed by atoms with Gasteiger partial charge in [-0.1, -0.05) is 0 Å². The van der Waals surface area contributed by atoms with Gasteiger partial charge in [0.2, 0.25) is 0 Å². The van der Waals surface area contributed by atoms with Gasteiger partial charge in [-0.15, -0.1) is 0 Å². The second-order valence-corrected chi connectivity index (χ2v) is 0.667. The fourth-order valence-electron chi connectivity index (χ4n) is 0.106. The van der Waals surface area contributed by atoms with Crippen LogP contribution in [0.3, 0.4) is 0 Å². The van der Waals surface area contributed by atoms with E-state index in [1.165, 1.54) is 0 Å². The van der Waals surface area contributed by atoms with Crippen LogP contribution in [0.1, 0.15) is 0 Å². The summed E-state index contributed by atoms with van der Waals surface area (Å²) >= 11 is 0. The van der Waals surface area contributed by atoms with Crippen molar-refractivity contribution in [1.82, 2.24) is 0 Å². The van der Waals surface area contributed by atoms with Gasteiger partial charge in [0.15, 0.2) is 0 Å². The van der Waals surface area contributed by atoms with Gasteiger partial charge in [-0.05, 0) is 0 Å². The molecule has 0 saturated carbocycles. The molecule has 0 amide bonds. The molecule has 0 radical (unpaired) electrons. The molecule has 0 saturated heterocycles. The van der Waals surface area contributed by atoms with Crippen LogP contribution < -0.4 is 11.7 Å². The number of rotatable bonds is 2. The second kappa shape index (κ2) is 5.66. The first kappa shape index (κ1) is 6.66. The summed E-state index contributed by atoms with van der Waals surface area (Å²) in [4.78, 5) is 0. The molecule has 8 heteroatoms. The van der Waals surface area contributed by atoms with E-state index in [1.54, 1.807) is 0 Å². The third kappa shape index (κ3) is 4.66. The van der Waals surface area contributed by atoms with Crippen LogP contribution in [-0.2, 0) is 0 Å². The first-order valence-electron chi connectivity index (χ1n) is 1.63. The van der Waals surface area contributed by atoms with E-state index in [0.717, 1.165) is 7.21 Å². The van der Waals surface area contributed by atoms with Crippen LogP contribution in [0.15, 0.2) is 25.7 Å². The standard InChI is InChI=1S/BH4N7/c2-6-4-1-5-8-7-3/h(H2,2,4)(H2,3,8). The van der Waals surface area contributed by atoms with Crippen LogP contribution in [0.2, 0.25) is 0 Å². The molecule has 0 spiro atoms. The molecule has 0 atom stereocenters. The first-order chi connectivity index (χ1) is 3.91. The Kier molecular flexibility index (Phi) is 4.72. The quantitative estimate of drug-likeness (QED) is 0.214. The van der Waals surface area contributed by atoms with Crippen molar-refractivity contribution in [3.8, 4) is 0 Å². The molecule has 0 aromatic rings. The molecular weight excluding hydrogens is 109 g/mol. The Hall–Kier alpha value is -1.34. The molecule has 0 bridgehead atoms. The average Bonchev–Trinajstić information content (AvgIpc) is 1.81. The number of nitrogens with zero attached hydrogens (tertiary/aromatic N) is 5. The summed E-state index contributed by atoms with van der Waals surface area (Å²) in [5.74, 6) is 9.13. The van der Waals surface area contributed by atoms with Gasteiger partial charge in [0.05, 0.1) is 0 Å². The third-order valence-corrected chi connectivity index (χ3v) is 0.273. The van der Waals surface area contributed by atoms with Gasteiger partial charge in [-0.25, -0.2) is 0 Å². The molecule has 4 N–H and O–H groups in total. The minimum absolute atomic E-state index is 1.01. The summed E-state index contributed by atoms with van der Waals surface area (Å²) in [5, 5.41) is 14.9. The van der Waals surface area contributed by atoms with Crippen molar-refractivity contribution in [1.29, 1.82) is 0 Å². The normalized spacial score (nSPS) is 11.5. The van der Waals surface area contributed by atoms with Crippen LogP contribution in [0, 0.1) is 0 Å². The predicted molar refractivity (Wildman–Crippen MR) is 26.3 cm³/mol. The van der Waals surface area contributed by atoms with E-state index in [9.17, 15) is 0 Å². The van der Waals surface area contributed by atoms with Crippen molar-refractivity contribution in [2.45, 2.75) is 0 Å². The topological polar surface area (TPSA) is 114 Å². The Morgan fingerprint density at radius 3 is 2.38 bits per heavy atom. The molecule has 0 aromatic heterocycles. The zero-order valence-corrected chi connectivity index (χ0v) is 3.97. The molecular formula is H4BN7. The molecule has 0 rings (SSSR count). The van der Waals surface area contributed by atoms with Gasteiger partial charge in [-0.2, -0.15) is 0 Å². The van der Waals surface area contributed by atoms with E-state index in [2.05, 4.69) is 37.4 Å². The predicted octanol–water partition coefficient (Wildman–Crippen LogP) is -0.644. The summed E-state index contributed by atoms with van der Waals surface area (Å²) in [6, 6.07) is 0. The molecule has 8 heavy (non-hydrogen) atoms. The van der Waals surface area contributed by atoms with Gasteiger partial charge in [-0.3, -0.25) is 0 Å².